The smallest absolute Gasteiger partial charge is 0.182 e. The molecule has 14 rings (SSSR count). The summed E-state index contributed by atoms with van der Waals surface area (Å²) >= 11 is 0. The van der Waals surface area contributed by atoms with Crippen molar-refractivity contribution in [2.24, 2.45) is 0 Å². The number of nitrogens with zero attached hydrogens (tertiary/aromatic N) is 9. The molecule has 9 nitrogen and oxygen atoms in total. The molecule has 5 heterocycles. The van der Waals surface area contributed by atoms with E-state index in [1.54, 1.807) is 0 Å². The lowest BCUT2D eigenvalue weighted by molar-refractivity contribution is 1.06. The van der Waals surface area contributed by atoms with E-state index in [0.717, 1.165) is 94.1 Å². The van der Waals surface area contributed by atoms with E-state index in [0.29, 0.717) is 40.6 Å². The van der Waals surface area contributed by atoms with E-state index < -0.39 is 0 Å². The Morgan fingerprint density at radius 2 is 0.703 bits per heavy atom. The Balaban J connectivity index is 0.948. The van der Waals surface area contributed by atoms with Crippen LogP contribution in [0.3, 0.4) is 0 Å². The Hall–Kier alpha value is -10.3. The van der Waals surface area contributed by atoms with Crippen LogP contribution in [0.15, 0.2) is 249 Å². The van der Waals surface area contributed by atoms with E-state index in [4.69, 9.17) is 34.9 Å². The molecule has 0 saturated carbocycles. The number of rotatable bonds is 9. The number of hydrogen-bond acceptors (Lipinski definition) is 7. The van der Waals surface area contributed by atoms with E-state index in [-0.39, 0.29) is 0 Å². The minimum Gasteiger partial charge on any atom is -0.309 e. The number of aromatic nitrogens is 9. The van der Waals surface area contributed by atoms with Crippen molar-refractivity contribution < 1.29 is 0 Å². The van der Waals surface area contributed by atoms with Gasteiger partial charge in [-0.1, -0.05) is 200 Å². The topological polar surface area (TPSA) is 100 Å². The van der Waals surface area contributed by atoms with Crippen molar-refractivity contribution >= 4 is 43.6 Å². The molecule has 0 aliphatic heterocycles. The highest BCUT2D eigenvalue weighted by molar-refractivity contribution is 6.26. The molecule has 0 aliphatic rings. The van der Waals surface area contributed by atoms with Gasteiger partial charge in [0.2, 0.25) is 0 Å². The third kappa shape index (κ3) is 7.38. The van der Waals surface area contributed by atoms with Gasteiger partial charge < -0.3 is 9.13 Å². The van der Waals surface area contributed by atoms with Crippen molar-refractivity contribution in [3.63, 3.8) is 0 Å². The average molecular weight is 948 g/mol. The van der Waals surface area contributed by atoms with Gasteiger partial charge in [-0.25, -0.2) is 34.9 Å². The van der Waals surface area contributed by atoms with E-state index in [1.807, 2.05) is 133 Å². The van der Waals surface area contributed by atoms with Crippen LogP contribution in [0.25, 0.3) is 135 Å². The van der Waals surface area contributed by atoms with Crippen LogP contribution in [0.2, 0.25) is 0 Å². The molecule has 0 spiro atoms. The van der Waals surface area contributed by atoms with Gasteiger partial charge in [-0.15, -0.1) is 0 Å². The fourth-order valence-electron chi connectivity index (χ4n) is 10.3. The fourth-order valence-corrected chi connectivity index (χ4v) is 10.3. The first-order valence-electron chi connectivity index (χ1n) is 24.6. The van der Waals surface area contributed by atoms with Gasteiger partial charge in [0.15, 0.2) is 34.9 Å². The SMILES string of the molecule is c1ccc(-c2nc(-c3ccccc3)nc(-c3cccc(-n4c5ccccc5c5ccc6c(c7ccccc7n6-c6ccccc6-c6cccc(-c7nc(-c8ccccc8)nc(-c8ccccc8)n7)n6)c54)c3)n2)cc1. The lowest BCUT2D eigenvalue weighted by atomic mass is 10.1. The summed E-state index contributed by atoms with van der Waals surface area (Å²) in [5.41, 5.74) is 13.3. The lowest BCUT2D eigenvalue weighted by Gasteiger charge is -2.15. The van der Waals surface area contributed by atoms with Crippen LogP contribution in [0.4, 0.5) is 0 Å². The normalized spacial score (nSPS) is 11.5. The van der Waals surface area contributed by atoms with Crippen molar-refractivity contribution in [2.75, 3.05) is 0 Å². The van der Waals surface area contributed by atoms with Crippen molar-refractivity contribution in [1.29, 1.82) is 0 Å². The summed E-state index contributed by atoms with van der Waals surface area (Å²) in [6.07, 6.45) is 0. The van der Waals surface area contributed by atoms with Gasteiger partial charge in [-0.3, -0.25) is 0 Å². The molecule has 0 aliphatic carbocycles. The van der Waals surface area contributed by atoms with Crippen LogP contribution in [0.1, 0.15) is 0 Å². The molecule has 0 atom stereocenters. The van der Waals surface area contributed by atoms with E-state index in [1.165, 1.54) is 0 Å². The number of benzene rings is 9. The van der Waals surface area contributed by atoms with Crippen molar-refractivity contribution in [3.8, 4) is 91.1 Å². The van der Waals surface area contributed by atoms with Gasteiger partial charge in [0.05, 0.1) is 33.4 Å². The summed E-state index contributed by atoms with van der Waals surface area (Å²) in [4.78, 5) is 35.5. The molecule has 14 aromatic rings. The number of fused-ring (bicyclic) bond motifs is 7. The predicted octanol–water partition coefficient (Wildman–Crippen LogP) is 15.3. The molecule has 0 radical (unpaired) electrons. The Morgan fingerprint density at radius 3 is 1.30 bits per heavy atom. The molecule has 0 N–H and O–H groups in total. The van der Waals surface area contributed by atoms with Gasteiger partial charge >= 0.3 is 0 Å². The van der Waals surface area contributed by atoms with E-state index in [9.17, 15) is 0 Å². The Kier molecular flexibility index (Phi) is 10.3. The average Bonchev–Trinajstić information content (AvgIpc) is 4.05. The Bertz CT molecular complexity index is 4300. The monoisotopic (exact) mass is 947 g/mol. The molecule has 0 unspecified atom stereocenters. The highest BCUT2D eigenvalue weighted by Crippen LogP contribution is 2.43. The maximum Gasteiger partial charge on any atom is 0.182 e. The maximum atomic E-state index is 5.34. The van der Waals surface area contributed by atoms with Crippen LogP contribution < -0.4 is 0 Å². The third-order valence-electron chi connectivity index (χ3n) is 13.6. The largest absolute Gasteiger partial charge is 0.309 e. The van der Waals surface area contributed by atoms with Gasteiger partial charge in [0, 0.05) is 60.6 Å². The van der Waals surface area contributed by atoms with Crippen molar-refractivity contribution in [3.05, 3.63) is 249 Å². The predicted molar refractivity (Wildman–Crippen MR) is 298 cm³/mol. The first kappa shape index (κ1) is 42.6. The maximum absolute atomic E-state index is 5.34. The first-order valence-corrected chi connectivity index (χ1v) is 24.6. The standard InChI is InChI=1S/C65H41N9/c1-5-21-42(22-6-1)60-67-61(43-23-7-2-8-24-43)70-64(69-60)46-29-19-30-47(41-46)73-54-36-16-13-31-48(54)49-39-40-57-58(59(49)73)51-33-15-18-38-56(51)74(57)55-37-17-14-32-50(55)52-34-20-35-53(66-52)65-71-62(44-25-9-3-10-26-44)68-63(72-65)45-27-11-4-12-28-45/h1-41H. The quantitative estimate of drug-likeness (QED) is 0.142. The second kappa shape index (κ2) is 17.9. The molecule has 346 valence electrons. The van der Waals surface area contributed by atoms with Gasteiger partial charge in [-0.05, 0) is 48.5 Å². The number of hydrogen-bond donors (Lipinski definition) is 0. The number of pyridine rings is 1. The van der Waals surface area contributed by atoms with Crippen LogP contribution in [0.5, 0.6) is 0 Å². The minimum atomic E-state index is 0.497. The summed E-state index contributed by atoms with van der Waals surface area (Å²) in [5, 5.41) is 4.59. The zero-order valence-corrected chi connectivity index (χ0v) is 39.7. The molecule has 9 aromatic carbocycles. The Labute approximate surface area is 425 Å². The molecular formula is C65H41N9. The Morgan fingerprint density at radius 1 is 0.257 bits per heavy atom. The number of para-hydroxylation sites is 3. The molecular weight excluding hydrogens is 907 g/mol. The first-order chi connectivity index (χ1) is 36.7. The molecule has 0 saturated heterocycles. The highest BCUT2D eigenvalue weighted by atomic mass is 15.1. The molecule has 0 amide bonds. The van der Waals surface area contributed by atoms with Crippen LogP contribution in [-0.4, -0.2) is 44.0 Å². The zero-order valence-electron chi connectivity index (χ0n) is 39.7. The molecule has 9 heteroatoms. The fraction of sp³-hybridized carbons (Fsp3) is 0. The highest BCUT2D eigenvalue weighted by Gasteiger charge is 2.23. The molecule has 0 bridgehead atoms. The molecule has 74 heavy (non-hydrogen) atoms. The summed E-state index contributed by atoms with van der Waals surface area (Å²) in [6.45, 7) is 0. The lowest BCUT2D eigenvalue weighted by Crippen LogP contribution is -2.02. The summed E-state index contributed by atoms with van der Waals surface area (Å²) in [6, 6.07) is 85.3. The van der Waals surface area contributed by atoms with E-state index in [2.05, 4.69) is 124 Å². The van der Waals surface area contributed by atoms with Gasteiger partial charge in [0.1, 0.15) is 5.69 Å². The second-order valence-electron chi connectivity index (χ2n) is 18.1. The summed E-state index contributed by atoms with van der Waals surface area (Å²) in [7, 11) is 0. The second-order valence-corrected chi connectivity index (χ2v) is 18.1. The van der Waals surface area contributed by atoms with E-state index >= 15 is 0 Å². The van der Waals surface area contributed by atoms with Crippen LogP contribution >= 0.6 is 0 Å². The summed E-state index contributed by atoms with van der Waals surface area (Å²) < 4.78 is 4.79. The molecule has 0 fully saturated rings. The third-order valence-corrected chi connectivity index (χ3v) is 13.6. The zero-order chi connectivity index (χ0) is 49.0. The van der Waals surface area contributed by atoms with Gasteiger partial charge in [-0.2, -0.15) is 0 Å². The van der Waals surface area contributed by atoms with Crippen LogP contribution in [-0.2, 0) is 0 Å². The van der Waals surface area contributed by atoms with Crippen LogP contribution in [0, 0.1) is 0 Å². The molecule has 5 aromatic heterocycles. The minimum absolute atomic E-state index is 0.497. The summed E-state index contributed by atoms with van der Waals surface area (Å²) in [5.74, 6) is 3.50. The van der Waals surface area contributed by atoms with Gasteiger partial charge in [0.25, 0.3) is 0 Å². The van der Waals surface area contributed by atoms with Crippen molar-refractivity contribution in [1.82, 2.24) is 44.0 Å². The van der Waals surface area contributed by atoms with Crippen molar-refractivity contribution in [2.45, 2.75) is 0 Å².